The van der Waals surface area contributed by atoms with Gasteiger partial charge in [-0.25, -0.2) is 4.39 Å². The van der Waals surface area contributed by atoms with E-state index in [4.69, 9.17) is 22.2 Å². The number of nitrogens with two attached hydrogens (primary N) is 1. The fourth-order valence-electron chi connectivity index (χ4n) is 2.61. The van der Waals surface area contributed by atoms with Gasteiger partial charge in [0.1, 0.15) is 5.82 Å². The van der Waals surface area contributed by atoms with Crippen LogP contribution >= 0.6 is 11.6 Å². The van der Waals surface area contributed by atoms with Crippen LogP contribution in [0.1, 0.15) is 31.7 Å². The van der Waals surface area contributed by atoms with Crippen molar-refractivity contribution in [2.24, 2.45) is 5.84 Å². The maximum absolute atomic E-state index is 13.8. The van der Waals surface area contributed by atoms with E-state index in [0.29, 0.717) is 17.0 Å². The van der Waals surface area contributed by atoms with Gasteiger partial charge in [0.15, 0.2) is 0 Å². The van der Waals surface area contributed by atoms with Crippen LogP contribution in [-0.4, -0.2) is 18.2 Å². The van der Waals surface area contributed by atoms with E-state index in [9.17, 15) is 4.39 Å². The molecular weight excluding hydrogens is 267 g/mol. The first-order chi connectivity index (χ1) is 9.07. The smallest absolute Gasteiger partial charge is 0.127 e. The van der Waals surface area contributed by atoms with Gasteiger partial charge >= 0.3 is 0 Å². The summed E-state index contributed by atoms with van der Waals surface area (Å²) < 4.78 is 19.7. The zero-order valence-electron chi connectivity index (χ0n) is 11.1. The van der Waals surface area contributed by atoms with Crippen LogP contribution in [0.3, 0.4) is 0 Å². The van der Waals surface area contributed by atoms with Crippen molar-refractivity contribution in [2.75, 3.05) is 6.61 Å². The lowest BCUT2D eigenvalue weighted by molar-refractivity contribution is -0.0885. The fourth-order valence-corrected chi connectivity index (χ4v) is 2.85. The van der Waals surface area contributed by atoms with E-state index in [2.05, 4.69) is 5.43 Å². The third-order valence-corrected chi connectivity index (χ3v) is 4.26. The second kappa shape index (κ2) is 6.18. The van der Waals surface area contributed by atoms with Crippen LogP contribution in [0.4, 0.5) is 4.39 Å². The van der Waals surface area contributed by atoms with Gasteiger partial charge < -0.3 is 4.74 Å². The predicted molar refractivity (Wildman–Crippen MR) is 74.4 cm³/mol. The molecule has 1 aromatic rings. The van der Waals surface area contributed by atoms with E-state index in [-0.39, 0.29) is 17.5 Å². The molecule has 1 aromatic carbocycles. The average molecular weight is 287 g/mol. The molecule has 2 unspecified atom stereocenters. The normalized spacial score (nSPS) is 25.3. The Morgan fingerprint density at radius 1 is 1.53 bits per heavy atom. The van der Waals surface area contributed by atoms with Crippen LogP contribution in [0, 0.1) is 5.82 Å². The Labute approximate surface area is 118 Å². The summed E-state index contributed by atoms with van der Waals surface area (Å²) >= 11 is 6.07. The molecule has 5 heteroatoms. The van der Waals surface area contributed by atoms with E-state index in [0.717, 1.165) is 25.9 Å². The molecule has 0 saturated carbocycles. The Kier molecular flexibility index (Phi) is 4.79. The van der Waals surface area contributed by atoms with Crippen molar-refractivity contribution in [1.29, 1.82) is 0 Å². The van der Waals surface area contributed by atoms with Gasteiger partial charge in [0.2, 0.25) is 0 Å². The summed E-state index contributed by atoms with van der Waals surface area (Å²) in [5.41, 5.74) is 2.88. The third kappa shape index (κ3) is 3.26. The number of hydrogen-bond donors (Lipinski definition) is 2. The monoisotopic (exact) mass is 286 g/mol. The number of rotatable bonds is 4. The number of ether oxygens (including phenoxy) is 1. The molecule has 3 N–H and O–H groups in total. The Morgan fingerprint density at radius 3 is 2.89 bits per heavy atom. The highest BCUT2D eigenvalue weighted by atomic mass is 35.5. The van der Waals surface area contributed by atoms with Crippen molar-refractivity contribution >= 4 is 11.6 Å². The molecule has 3 nitrogen and oxygen atoms in total. The quantitative estimate of drug-likeness (QED) is 0.661. The summed E-state index contributed by atoms with van der Waals surface area (Å²) in [6, 6.07) is 4.55. The van der Waals surface area contributed by atoms with Gasteiger partial charge in [0.05, 0.1) is 11.6 Å². The standard InChI is InChI=1S/C14H20ClFN2O/c1-14(7-2-3-8-19-14)13(18-17)9-10-11(15)5-4-6-12(10)16/h4-6,13,18H,2-3,7-9,17H2,1H3. The van der Waals surface area contributed by atoms with Crippen molar-refractivity contribution in [3.8, 4) is 0 Å². The molecule has 0 aromatic heterocycles. The Hall–Kier alpha value is -0.680. The molecular formula is C14H20ClFN2O. The molecule has 1 fully saturated rings. The summed E-state index contributed by atoms with van der Waals surface area (Å²) in [6.07, 6.45) is 3.49. The molecule has 0 amide bonds. The topological polar surface area (TPSA) is 47.3 Å². The fraction of sp³-hybridized carbons (Fsp3) is 0.571. The minimum atomic E-state index is -0.376. The number of halogens is 2. The molecule has 2 rings (SSSR count). The SMILES string of the molecule is CC1(C(Cc2c(F)cccc2Cl)NN)CCCCO1. The highest BCUT2D eigenvalue weighted by molar-refractivity contribution is 6.31. The second-order valence-electron chi connectivity index (χ2n) is 5.24. The summed E-state index contributed by atoms with van der Waals surface area (Å²) in [6.45, 7) is 2.74. The van der Waals surface area contributed by atoms with Gasteiger partial charge in [-0.3, -0.25) is 11.3 Å². The van der Waals surface area contributed by atoms with Crippen molar-refractivity contribution in [1.82, 2.24) is 5.43 Å². The Balaban J connectivity index is 2.19. The van der Waals surface area contributed by atoms with Crippen LogP contribution in [0.2, 0.25) is 5.02 Å². The van der Waals surface area contributed by atoms with Gasteiger partial charge in [-0.15, -0.1) is 0 Å². The largest absolute Gasteiger partial charge is 0.374 e. The molecule has 0 radical (unpaired) electrons. The first kappa shape index (κ1) is 14.7. The molecule has 0 aliphatic carbocycles. The first-order valence-electron chi connectivity index (χ1n) is 6.60. The van der Waals surface area contributed by atoms with Crippen LogP contribution in [0.5, 0.6) is 0 Å². The molecule has 19 heavy (non-hydrogen) atoms. The van der Waals surface area contributed by atoms with E-state index in [1.807, 2.05) is 6.92 Å². The van der Waals surface area contributed by atoms with Crippen LogP contribution in [-0.2, 0) is 11.2 Å². The van der Waals surface area contributed by atoms with Gasteiger partial charge in [-0.1, -0.05) is 17.7 Å². The highest BCUT2D eigenvalue weighted by Crippen LogP contribution is 2.31. The Bertz CT molecular complexity index is 415. The lowest BCUT2D eigenvalue weighted by atomic mass is 9.85. The lowest BCUT2D eigenvalue weighted by Gasteiger charge is -2.40. The molecule has 106 valence electrons. The summed E-state index contributed by atoms with van der Waals surface area (Å²) in [7, 11) is 0. The van der Waals surface area contributed by atoms with Crippen LogP contribution < -0.4 is 11.3 Å². The molecule has 1 aliphatic rings. The summed E-state index contributed by atoms with van der Waals surface area (Å²) in [5.74, 6) is 5.34. The van der Waals surface area contributed by atoms with Gasteiger partial charge in [0, 0.05) is 17.2 Å². The maximum Gasteiger partial charge on any atom is 0.127 e. The van der Waals surface area contributed by atoms with Crippen molar-refractivity contribution in [3.63, 3.8) is 0 Å². The third-order valence-electron chi connectivity index (χ3n) is 3.91. The van der Waals surface area contributed by atoms with Gasteiger partial charge in [0.25, 0.3) is 0 Å². The van der Waals surface area contributed by atoms with E-state index in [1.54, 1.807) is 12.1 Å². The molecule has 2 atom stereocenters. The zero-order chi connectivity index (χ0) is 13.9. The second-order valence-corrected chi connectivity index (χ2v) is 5.65. The first-order valence-corrected chi connectivity index (χ1v) is 6.97. The minimum Gasteiger partial charge on any atom is -0.374 e. The van der Waals surface area contributed by atoms with Crippen molar-refractivity contribution in [3.05, 3.63) is 34.6 Å². The molecule has 0 spiro atoms. The molecule has 1 heterocycles. The number of benzene rings is 1. The maximum atomic E-state index is 13.8. The van der Waals surface area contributed by atoms with E-state index >= 15 is 0 Å². The minimum absolute atomic E-state index is 0.165. The van der Waals surface area contributed by atoms with E-state index < -0.39 is 0 Å². The Morgan fingerprint density at radius 2 is 2.32 bits per heavy atom. The van der Waals surface area contributed by atoms with Crippen molar-refractivity contribution in [2.45, 2.75) is 44.2 Å². The average Bonchev–Trinajstić information content (AvgIpc) is 2.39. The number of nitrogens with one attached hydrogen (secondary N) is 1. The number of hydrazine groups is 1. The predicted octanol–water partition coefficient (Wildman–Crippen LogP) is 2.81. The van der Waals surface area contributed by atoms with Crippen LogP contribution in [0.15, 0.2) is 18.2 Å². The summed E-state index contributed by atoms with van der Waals surface area (Å²) in [5, 5.41) is 0.430. The van der Waals surface area contributed by atoms with Crippen LogP contribution in [0.25, 0.3) is 0 Å². The van der Waals surface area contributed by atoms with E-state index in [1.165, 1.54) is 6.07 Å². The van der Waals surface area contributed by atoms with Gasteiger partial charge in [-0.05, 0) is 44.7 Å². The van der Waals surface area contributed by atoms with Gasteiger partial charge in [-0.2, -0.15) is 0 Å². The number of hydrogen-bond acceptors (Lipinski definition) is 3. The molecule has 1 saturated heterocycles. The zero-order valence-corrected chi connectivity index (χ0v) is 11.8. The summed E-state index contributed by atoms with van der Waals surface area (Å²) in [4.78, 5) is 0. The van der Waals surface area contributed by atoms with Crippen molar-refractivity contribution < 1.29 is 9.13 Å². The molecule has 0 bridgehead atoms. The molecule has 1 aliphatic heterocycles. The highest BCUT2D eigenvalue weighted by Gasteiger charge is 2.37. The lowest BCUT2D eigenvalue weighted by Crippen LogP contribution is -2.55.